The Bertz CT molecular complexity index is 295. The molecule has 84 valence electrons. The van der Waals surface area contributed by atoms with Gasteiger partial charge in [-0.05, 0) is 13.8 Å². The van der Waals surface area contributed by atoms with Crippen molar-refractivity contribution in [3.8, 4) is 0 Å². The van der Waals surface area contributed by atoms with E-state index in [1.54, 1.807) is 0 Å². The van der Waals surface area contributed by atoms with E-state index >= 15 is 0 Å². The largest absolute Gasteiger partial charge is 0.478 e. The first-order valence-corrected chi connectivity index (χ1v) is 4.26. The van der Waals surface area contributed by atoms with Crippen molar-refractivity contribution in [1.29, 1.82) is 0 Å². The zero-order valence-electron chi connectivity index (χ0n) is 8.69. The van der Waals surface area contributed by atoms with Gasteiger partial charge in [0, 0.05) is 6.08 Å². The maximum atomic E-state index is 10.3. The molecule has 0 aromatic heterocycles. The van der Waals surface area contributed by atoms with Crippen LogP contribution in [0.1, 0.15) is 13.8 Å². The lowest BCUT2D eigenvalue weighted by Gasteiger charge is -1.92. The minimum absolute atomic E-state index is 0.197. The van der Waals surface area contributed by atoms with E-state index in [1.807, 2.05) is 13.8 Å². The highest BCUT2D eigenvalue weighted by atomic mass is 16.6. The molecule has 1 saturated heterocycles. The van der Waals surface area contributed by atoms with Gasteiger partial charge in [-0.2, -0.15) is 0 Å². The fourth-order valence-corrected chi connectivity index (χ4v) is 0.653. The molecule has 0 aliphatic carbocycles. The van der Waals surface area contributed by atoms with Crippen molar-refractivity contribution in [1.82, 2.24) is 0 Å². The minimum atomic E-state index is -1.27. The van der Waals surface area contributed by atoms with E-state index in [4.69, 9.17) is 10.2 Å². The highest BCUT2D eigenvalue weighted by molar-refractivity contribution is 5.95. The van der Waals surface area contributed by atoms with Crippen LogP contribution in [0.4, 0.5) is 0 Å². The van der Waals surface area contributed by atoms with Crippen LogP contribution in [0, 0.1) is 0 Å². The average Bonchev–Trinajstić information content (AvgIpc) is 2.80. The first kappa shape index (κ1) is 13.4. The zero-order valence-corrected chi connectivity index (χ0v) is 8.69. The zero-order chi connectivity index (χ0) is 12.0. The Morgan fingerprint density at radius 3 is 2.00 bits per heavy atom. The lowest BCUT2D eigenvalue weighted by molar-refractivity contribution is -0.135. The average molecular weight is 214 g/mol. The summed E-state index contributed by atoms with van der Waals surface area (Å²) in [6, 6.07) is 0. The van der Waals surface area contributed by atoms with Crippen LogP contribution < -0.4 is 0 Å². The third-order valence-corrected chi connectivity index (χ3v) is 1.21. The van der Waals surface area contributed by atoms with Crippen molar-refractivity contribution < 1.29 is 24.5 Å². The van der Waals surface area contributed by atoms with E-state index in [-0.39, 0.29) is 5.57 Å². The summed E-state index contributed by atoms with van der Waals surface area (Å²) < 4.78 is 4.62. The van der Waals surface area contributed by atoms with E-state index in [0.29, 0.717) is 12.7 Å². The molecule has 1 fully saturated rings. The second-order valence-electron chi connectivity index (χ2n) is 3.27. The number of carboxylic acid groups (broad SMARTS) is 2. The van der Waals surface area contributed by atoms with Gasteiger partial charge >= 0.3 is 11.9 Å². The third-order valence-electron chi connectivity index (χ3n) is 1.21. The lowest BCUT2D eigenvalue weighted by Crippen LogP contribution is -2.09. The lowest BCUT2D eigenvalue weighted by atomic mass is 10.2. The Morgan fingerprint density at radius 2 is 1.80 bits per heavy atom. The van der Waals surface area contributed by atoms with E-state index < -0.39 is 18.0 Å². The molecule has 0 spiro atoms. The Balaban J connectivity index is 0.000000423. The van der Waals surface area contributed by atoms with Gasteiger partial charge in [0.25, 0.3) is 0 Å². The summed E-state index contributed by atoms with van der Waals surface area (Å²) in [6.07, 6.45) is 0.128. The maximum Gasteiger partial charge on any atom is 0.334 e. The monoisotopic (exact) mass is 214 g/mol. The van der Waals surface area contributed by atoms with Crippen LogP contribution in [0.3, 0.4) is 0 Å². The molecular weight excluding hydrogens is 200 g/mol. The standard InChI is InChI=1S/C6H6O5.C4H8/c7-5(8)1-3(6(9)10)4-2-11-4;1-4(2)3/h1,4H,2H2,(H,7,8)(H,9,10);1H2,2-3H3/b3-1-;. The van der Waals surface area contributed by atoms with Gasteiger partial charge < -0.3 is 14.9 Å². The van der Waals surface area contributed by atoms with Gasteiger partial charge in [0.05, 0.1) is 12.2 Å². The molecule has 0 saturated carbocycles. The molecule has 5 nitrogen and oxygen atoms in total. The summed E-state index contributed by atoms with van der Waals surface area (Å²) in [5.74, 6) is -2.51. The van der Waals surface area contributed by atoms with Gasteiger partial charge in [-0.25, -0.2) is 9.59 Å². The molecule has 1 unspecified atom stereocenters. The second-order valence-corrected chi connectivity index (χ2v) is 3.27. The smallest absolute Gasteiger partial charge is 0.334 e. The number of allylic oxidation sites excluding steroid dienone is 1. The Hall–Kier alpha value is -1.62. The molecular formula is C10H14O5. The van der Waals surface area contributed by atoms with E-state index in [2.05, 4.69) is 11.3 Å². The van der Waals surface area contributed by atoms with Crippen LogP contribution in [0.25, 0.3) is 0 Å². The van der Waals surface area contributed by atoms with Gasteiger partial charge in [0.1, 0.15) is 6.10 Å². The summed E-state index contributed by atoms with van der Waals surface area (Å²) >= 11 is 0. The molecule has 1 rings (SSSR count). The van der Waals surface area contributed by atoms with Gasteiger partial charge in [0.15, 0.2) is 0 Å². The van der Waals surface area contributed by atoms with Crippen LogP contribution in [-0.2, 0) is 14.3 Å². The molecule has 15 heavy (non-hydrogen) atoms. The second kappa shape index (κ2) is 5.98. The number of carboxylic acids is 2. The number of hydrogen-bond acceptors (Lipinski definition) is 3. The van der Waals surface area contributed by atoms with Crippen LogP contribution in [0.5, 0.6) is 0 Å². The predicted octanol–water partition coefficient (Wildman–Crippen LogP) is 1.06. The molecule has 2 N–H and O–H groups in total. The molecule has 1 atom stereocenters. The Morgan fingerprint density at radius 1 is 1.40 bits per heavy atom. The topological polar surface area (TPSA) is 87.1 Å². The number of hydrogen-bond donors (Lipinski definition) is 2. The van der Waals surface area contributed by atoms with E-state index in [9.17, 15) is 9.59 Å². The van der Waals surface area contributed by atoms with Crippen molar-refractivity contribution >= 4 is 11.9 Å². The Labute approximate surface area is 87.7 Å². The first-order valence-electron chi connectivity index (χ1n) is 4.26. The molecule has 1 aliphatic heterocycles. The number of ether oxygens (including phenoxy) is 1. The number of epoxide rings is 1. The summed E-state index contributed by atoms with van der Waals surface area (Å²) in [7, 11) is 0. The SMILES string of the molecule is C=C(C)C.O=C(O)/C=C(\C(=O)O)C1CO1. The first-order chi connectivity index (χ1) is 6.84. The normalized spacial score (nSPS) is 18.5. The van der Waals surface area contributed by atoms with Gasteiger partial charge in [0.2, 0.25) is 0 Å². The summed E-state index contributed by atoms with van der Waals surface area (Å²) in [6.45, 7) is 7.80. The fraction of sp³-hybridized carbons (Fsp3) is 0.400. The fourth-order valence-electron chi connectivity index (χ4n) is 0.653. The molecule has 0 radical (unpaired) electrons. The van der Waals surface area contributed by atoms with Crippen molar-refractivity contribution in [2.24, 2.45) is 0 Å². The number of carbonyl (C=O) groups is 2. The van der Waals surface area contributed by atoms with E-state index in [0.717, 1.165) is 0 Å². The summed E-state index contributed by atoms with van der Waals surface area (Å²) in [5, 5.41) is 16.6. The summed E-state index contributed by atoms with van der Waals surface area (Å²) in [4.78, 5) is 20.4. The number of rotatable bonds is 3. The highest BCUT2D eigenvalue weighted by Gasteiger charge is 2.32. The van der Waals surface area contributed by atoms with Crippen molar-refractivity contribution in [2.75, 3.05) is 6.61 Å². The van der Waals surface area contributed by atoms with Gasteiger partial charge in [-0.1, -0.05) is 5.57 Å². The Kier molecular flexibility index (Phi) is 5.33. The molecule has 5 heteroatoms. The van der Waals surface area contributed by atoms with Crippen molar-refractivity contribution in [3.05, 3.63) is 23.8 Å². The summed E-state index contributed by atoms with van der Waals surface area (Å²) in [5.41, 5.74) is 0.970. The van der Waals surface area contributed by atoms with Crippen molar-refractivity contribution in [2.45, 2.75) is 20.0 Å². The van der Waals surface area contributed by atoms with Gasteiger partial charge in [-0.3, -0.25) is 0 Å². The van der Waals surface area contributed by atoms with E-state index in [1.165, 1.54) is 5.57 Å². The molecule has 0 aromatic carbocycles. The number of aliphatic carboxylic acids is 2. The predicted molar refractivity (Wildman–Crippen MR) is 53.6 cm³/mol. The van der Waals surface area contributed by atoms with Gasteiger partial charge in [-0.15, -0.1) is 6.58 Å². The quantitative estimate of drug-likeness (QED) is 0.416. The van der Waals surface area contributed by atoms with Crippen LogP contribution in [0.15, 0.2) is 23.8 Å². The van der Waals surface area contributed by atoms with Crippen LogP contribution in [0.2, 0.25) is 0 Å². The maximum absolute atomic E-state index is 10.3. The molecule has 0 amide bonds. The molecule has 0 aromatic rings. The molecule has 1 aliphatic rings. The highest BCUT2D eigenvalue weighted by Crippen LogP contribution is 2.19. The third kappa shape index (κ3) is 7.45. The van der Waals surface area contributed by atoms with Crippen LogP contribution in [-0.4, -0.2) is 34.9 Å². The van der Waals surface area contributed by atoms with Crippen LogP contribution >= 0.6 is 0 Å². The van der Waals surface area contributed by atoms with Crippen molar-refractivity contribution in [3.63, 3.8) is 0 Å². The molecule has 0 bridgehead atoms. The minimum Gasteiger partial charge on any atom is -0.478 e. The molecule has 1 heterocycles.